The van der Waals surface area contributed by atoms with E-state index in [9.17, 15) is 9.18 Å². The molecule has 0 radical (unpaired) electrons. The zero-order chi connectivity index (χ0) is 16.4. The summed E-state index contributed by atoms with van der Waals surface area (Å²) < 4.78 is 20.2. The number of halogens is 1. The predicted molar refractivity (Wildman–Crippen MR) is 84.3 cm³/mol. The van der Waals surface area contributed by atoms with Crippen LogP contribution in [0.3, 0.4) is 0 Å². The minimum Gasteiger partial charge on any atom is -0.376 e. The van der Waals surface area contributed by atoms with Crippen LogP contribution in [0.1, 0.15) is 34.6 Å². The van der Waals surface area contributed by atoms with Gasteiger partial charge in [-0.3, -0.25) is 4.79 Å². The minimum absolute atomic E-state index is 0.103. The number of amides is 1. The van der Waals surface area contributed by atoms with Gasteiger partial charge in [-0.15, -0.1) is 0 Å². The van der Waals surface area contributed by atoms with E-state index >= 15 is 0 Å². The standard InChI is InChI=1S/C17H20FN3O2/c1-11-16(17(22)19-10-15-4-3-9-23-15)12(2)21(20-11)14-7-5-13(18)6-8-14/h5-8,15H,3-4,9-10H2,1-2H3,(H,19,22)/t15-/m0/s1. The van der Waals surface area contributed by atoms with Gasteiger partial charge in [0.25, 0.3) is 5.91 Å². The first-order chi connectivity index (χ1) is 11.1. The normalized spacial score (nSPS) is 17.4. The van der Waals surface area contributed by atoms with Gasteiger partial charge >= 0.3 is 0 Å². The van der Waals surface area contributed by atoms with Crippen molar-refractivity contribution >= 4 is 5.91 Å². The summed E-state index contributed by atoms with van der Waals surface area (Å²) in [5.41, 5.74) is 2.67. The van der Waals surface area contributed by atoms with E-state index in [0.717, 1.165) is 30.8 Å². The predicted octanol–water partition coefficient (Wildman–Crippen LogP) is 2.54. The number of ether oxygens (including phenoxy) is 1. The summed E-state index contributed by atoms with van der Waals surface area (Å²) in [5, 5.41) is 7.33. The van der Waals surface area contributed by atoms with Crippen molar-refractivity contribution in [2.75, 3.05) is 13.2 Å². The fourth-order valence-electron chi connectivity index (χ4n) is 2.91. The molecule has 1 fully saturated rings. The summed E-state index contributed by atoms with van der Waals surface area (Å²) in [7, 11) is 0. The summed E-state index contributed by atoms with van der Waals surface area (Å²) in [5.74, 6) is -0.450. The van der Waals surface area contributed by atoms with Crippen LogP contribution >= 0.6 is 0 Å². The lowest BCUT2D eigenvalue weighted by Gasteiger charge is -2.11. The molecule has 1 aromatic carbocycles. The van der Waals surface area contributed by atoms with Gasteiger partial charge in [0.1, 0.15) is 5.82 Å². The number of benzene rings is 1. The number of aryl methyl sites for hydroxylation is 1. The van der Waals surface area contributed by atoms with Crippen molar-refractivity contribution in [1.82, 2.24) is 15.1 Å². The first-order valence-electron chi connectivity index (χ1n) is 7.78. The fraction of sp³-hybridized carbons (Fsp3) is 0.412. The van der Waals surface area contributed by atoms with E-state index in [1.54, 1.807) is 23.7 Å². The van der Waals surface area contributed by atoms with E-state index in [0.29, 0.717) is 17.8 Å². The first kappa shape index (κ1) is 15.7. The molecule has 6 heteroatoms. The number of carbonyl (C=O) groups excluding carboxylic acids is 1. The third kappa shape index (κ3) is 3.27. The molecule has 0 aliphatic carbocycles. The lowest BCUT2D eigenvalue weighted by Crippen LogP contribution is -2.32. The molecule has 122 valence electrons. The van der Waals surface area contributed by atoms with Gasteiger partial charge in [0.2, 0.25) is 0 Å². The minimum atomic E-state index is -0.301. The van der Waals surface area contributed by atoms with Gasteiger partial charge in [-0.2, -0.15) is 5.10 Å². The van der Waals surface area contributed by atoms with E-state index in [1.807, 2.05) is 6.92 Å². The lowest BCUT2D eigenvalue weighted by atomic mass is 10.1. The van der Waals surface area contributed by atoms with Crippen LogP contribution in [-0.4, -0.2) is 34.9 Å². The van der Waals surface area contributed by atoms with Crippen LogP contribution in [0.4, 0.5) is 4.39 Å². The van der Waals surface area contributed by atoms with Crippen molar-refractivity contribution in [3.8, 4) is 5.69 Å². The summed E-state index contributed by atoms with van der Waals surface area (Å²) in [4.78, 5) is 12.5. The zero-order valence-corrected chi connectivity index (χ0v) is 13.3. The van der Waals surface area contributed by atoms with Crippen LogP contribution in [0, 0.1) is 19.7 Å². The lowest BCUT2D eigenvalue weighted by molar-refractivity contribution is 0.0856. The van der Waals surface area contributed by atoms with Crippen molar-refractivity contribution in [1.29, 1.82) is 0 Å². The van der Waals surface area contributed by atoms with Gasteiger partial charge in [-0.25, -0.2) is 9.07 Å². The number of rotatable bonds is 4. The molecule has 1 atom stereocenters. The Morgan fingerprint density at radius 3 is 2.78 bits per heavy atom. The summed E-state index contributed by atoms with van der Waals surface area (Å²) in [6, 6.07) is 6.04. The molecule has 3 rings (SSSR count). The molecule has 0 bridgehead atoms. The molecular weight excluding hydrogens is 297 g/mol. The topological polar surface area (TPSA) is 56.2 Å². The van der Waals surface area contributed by atoms with Crippen LogP contribution in [-0.2, 0) is 4.74 Å². The van der Waals surface area contributed by atoms with Crippen molar-refractivity contribution in [2.45, 2.75) is 32.8 Å². The Bertz CT molecular complexity index is 703. The number of carbonyl (C=O) groups is 1. The van der Waals surface area contributed by atoms with Crippen molar-refractivity contribution < 1.29 is 13.9 Å². The van der Waals surface area contributed by atoms with Gasteiger partial charge in [0.05, 0.1) is 28.7 Å². The van der Waals surface area contributed by atoms with E-state index < -0.39 is 0 Å². The molecule has 23 heavy (non-hydrogen) atoms. The van der Waals surface area contributed by atoms with E-state index in [-0.39, 0.29) is 17.8 Å². The second-order valence-corrected chi connectivity index (χ2v) is 5.78. The van der Waals surface area contributed by atoms with Crippen LogP contribution in [0.5, 0.6) is 0 Å². The maximum atomic E-state index is 13.1. The molecule has 0 spiro atoms. The van der Waals surface area contributed by atoms with Gasteiger partial charge in [-0.1, -0.05) is 0 Å². The summed E-state index contributed by atoms with van der Waals surface area (Å²) >= 11 is 0. The highest BCUT2D eigenvalue weighted by molar-refractivity contribution is 5.96. The number of hydrogen-bond acceptors (Lipinski definition) is 3. The zero-order valence-electron chi connectivity index (χ0n) is 13.3. The van der Waals surface area contributed by atoms with E-state index in [1.165, 1.54) is 12.1 Å². The van der Waals surface area contributed by atoms with Crippen LogP contribution in [0.15, 0.2) is 24.3 Å². The molecule has 1 aliphatic rings. The first-order valence-corrected chi connectivity index (χ1v) is 7.78. The van der Waals surface area contributed by atoms with Crippen LogP contribution in [0.25, 0.3) is 5.69 Å². The molecule has 0 unspecified atom stereocenters. The average Bonchev–Trinajstić information content (AvgIpc) is 3.14. The summed E-state index contributed by atoms with van der Waals surface area (Å²) in [6.45, 7) is 4.92. The molecule has 1 N–H and O–H groups in total. The molecule has 1 aromatic heterocycles. The molecule has 5 nitrogen and oxygen atoms in total. The van der Waals surface area contributed by atoms with Crippen molar-refractivity contribution in [2.24, 2.45) is 0 Å². The third-order valence-electron chi connectivity index (χ3n) is 4.10. The molecule has 0 saturated carbocycles. The average molecular weight is 317 g/mol. The second kappa shape index (κ2) is 6.50. The van der Waals surface area contributed by atoms with Crippen molar-refractivity contribution in [3.63, 3.8) is 0 Å². The second-order valence-electron chi connectivity index (χ2n) is 5.78. The Labute approximate surface area is 134 Å². The Hall–Kier alpha value is -2.21. The van der Waals surface area contributed by atoms with E-state index in [4.69, 9.17) is 4.74 Å². The smallest absolute Gasteiger partial charge is 0.255 e. The molecule has 2 aromatic rings. The third-order valence-corrected chi connectivity index (χ3v) is 4.10. The highest BCUT2D eigenvalue weighted by Crippen LogP contribution is 2.18. The number of aromatic nitrogens is 2. The SMILES string of the molecule is Cc1nn(-c2ccc(F)cc2)c(C)c1C(=O)NC[C@@H]1CCCO1. The number of hydrogen-bond donors (Lipinski definition) is 1. The van der Waals surface area contributed by atoms with Gasteiger partial charge in [0, 0.05) is 13.2 Å². The maximum Gasteiger partial charge on any atom is 0.255 e. The quantitative estimate of drug-likeness (QED) is 0.943. The molecule has 2 heterocycles. The Kier molecular flexibility index (Phi) is 4.43. The highest BCUT2D eigenvalue weighted by atomic mass is 19.1. The molecule has 1 aliphatic heterocycles. The Balaban J connectivity index is 1.79. The van der Waals surface area contributed by atoms with Crippen molar-refractivity contribution in [3.05, 3.63) is 47.0 Å². The monoisotopic (exact) mass is 317 g/mol. The Morgan fingerprint density at radius 1 is 1.39 bits per heavy atom. The van der Waals surface area contributed by atoms with Crippen LogP contribution in [0.2, 0.25) is 0 Å². The van der Waals surface area contributed by atoms with Crippen LogP contribution < -0.4 is 5.32 Å². The summed E-state index contributed by atoms with van der Waals surface area (Å²) in [6.07, 6.45) is 2.13. The van der Waals surface area contributed by atoms with Gasteiger partial charge in [-0.05, 0) is 51.0 Å². The largest absolute Gasteiger partial charge is 0.376 e. The molecule has 1 saturated heterocycles. The Morgan fingerprint density at radius 2 is 2.13 bits per heavy atom. The number of nitrogens with zero attached hydrogens (tertiary/aromatic N) is 2. The van der Waals surface area contributed by atoms with E-state index in [2.05, 4.69) is 10.4 Å². The van der Waals surface area contributed by atoms with Gasteiger partial charge < -0.3 is 10.1 Å². The molecule has 1 amide bonds. The number of nitrogens with one attached hydrogen (secondary N) is 1. The highest BCUT2D eigenvalue weighted by Gasteiger charge is 2.21. The van der Waals surface area contributed by atoms with Gasteiger partial charge in [0.15, 0.2) is 0 Å². The maximum absolute atomic E-state index is 13.1. The molecular formula is C17H20FN3O2. The fourth-order valence-corrected chi connectivity index (χ4v) is 2.91.